The molecule has 0 amide bonds. The minimum Gasteiger partial charge on any atom is -0.391 e. The number of rotatable bonds is 3. The standard InChI is InChI=1S/C13H18FNO/c1-8-10(6-3-7-11(8)14)12(15)13(16)9-4-2-5-9/h3,6-7,9,12-13,16H,2,4-5,15H2,1H3/t12-,13+/m1/s1. The summed E-state index contributed by atoms with van der Waals surface area (Å²) in [5.74, 6) is 0.0337. The maximum absolute atomic E-state index is 13.4. The summed E-state index contributed by atoms with van der Waals surface area (Å²) in [4.78, 5) is 0. The van der Waals surface area contributed by atoms with E-state index in [9.17, 15) is 9.50 Å². The zero-order chi connectivity index (χ0) is 11.7. The fourth-order valence-corrected chi connectivity index (χ4v) is 2.24. The molecule has 0 bridgehead atoms. The molecule has 0 heterocycles. The molecule has 0 saturated heterocycles. The molecule has 1 aromatic carbocycles. The molecular formula is C13H18FNO. The van der Waals surface area contributed by atoms with Gasteiger partial charge in [-0.3, -0.25) is 0 Å². The molecule has 1 saturated carbocycles. The first-order valence-electron chi connectivity index (χ1n) is 5.80. The minimum absolute atomic E-state index is 0.256. The molecule has 0 aromatic heterocycles. The average molecular weight is 223 g/mol. The van der Waals surface area contributed by atoms with Crippen molar-refractivity contribution in [3.05, 3.63) is 35.1 Å². The molecule has 0 spiro atoms. The molecule has 2 nitrogen and oxygen atoms in total. The van der Waals surface area contributed by atoms with Gasteiger partial charge in [0, 0.05) is 0 Å². The first-order valence-corrected chi connectivity index (χ1v) is 5.80. The number of halogens is 1. The van der Waals surface area contributed by atoms with Crippen molar-refractivity contribution in [1.29, 1.82) is 0 Å². The van der Waals surface area contributed by atoms with Crippen molar-refractivity contribution in [2.75, 3.05) is 0 Å². The van der Waals surface area contributed by atoms with E-state index in [1.54, 1.807) is 19.1 Å². The van der Waals surface area contributed by atoms with Crippen LogP contribution in [-0.4, -0.2) is 11.2 Å². The summed E-state index contributed by atoms with van der Waals surface area (Å²) in [6.07, 6.45) is 2.68. The quantitative estimate of drug-likeness (QED) is 0.826. The maximum Gasteiger partial charge on any atom is 0.126 e. The third-order valence-corrected chi connectivity index (χ3v) is 3.67. The van der Waals surface area contributed by atoms with Crippen LogP contribution in [0, 0.1) is 18.7 Å². The highest BCUT2D eigenvalue weighted by Gasteiger charge is 2.31. The largest absolute Gasteiger partial charge is 0.391 e. The summed E-state index contributed by atoms with van der Waals surface area (Å²) in [5, 5.41) is 10.1. The van der Waals surface area contributed by atoms with Gasteiger partial charge in [0.1, 0.15) is 5.82 Å². The summed E-state index contributed by atoms with van der Waals surface area (Å²) in [6.45, 7) is 1.71. The van der Waals surface area contributed by atoms with Gasteiger partial charge in [0.15, 0.2) is 0 Å². The molecule has 0 aliphatic heterocycles. The van der Waals surface area contributed by atoms with E-state index in [2.05, 4.69) is 0 Å². The molecule has 2 rings (SSSR count). The molecule has 16 heavy (non-hydrogen) atoms. The van der Waals surface area contributed by atoms with Gasteiger partial charge in [0.2, 0.25) is 0 Å². The van der Waals surface area contributed by atoms with Gasteiger partial charge in [0.05, 0.1) is 12.1 Å². The molecule has 3 N–H and O–H groups in total. The van der Waals surface area contributed by atoms with Crippen LogP contribution in [-0.2, 0) is 0 Å². The lowest BCUT2D eigenvalue weighted by Crippen LogP contribution is -2.36. The van der Waals surface area contributed by atoms with Crippen LogP contribution in [0.25, 0.3) is 0 Å². The molecule has 1 aliphatic carbocycles. The Morgan fingerprint density at radius 3 is 2.69 bits per heavy atom. The van der Waals surface area contributed by atoms with Crippen molar-refractivity contribution in [2.45, 2.75) is 38.3 Å². The maximum atomic E-state index is 13.4. The van der Waals surface area contributed by atoms with Crippen LogP contribution >= 0.6 is 0 Å². The molecule has 0 radical (unpaired) electrons. The van der Waals surface area contributed by atoms with Gasteiger partial charge in [-0.25, -0.2) is 4.39 Å². The van der Waals surface area contributed by atoms with E-state index in [4.69, 9.17) is 5.73 Å². The monoisotopic (exact) mass is 223 g/mol. The van der Waals surface area contributed by atoms with Gasteiger partial charge in [-0.2, -0.15) is 0 Å². The first-order chi connectivity index (χ1) is 7.61. The van der Waals surface area contributed by atoms with Gasteiger partial charge >= 0.3 is 0 Å². The molecule has 2 atom stereocenters. The number of nitrogens with two attached hydrogens (primary N) is 1. The van der Waals surface area contributed by atoms with E-state index in [-0.39, 0.29) is 11.7 Å². The van der Waals surface area contributed by atoms with Crippen LogP contribution in [0.2, 0.25) is 0 Å². The Morgan fingerprint density at radius 1 is 1.44 bits per heavy atom. The average Bonchev–Trinajstić information content (AvgIpc) is 2.18. The van der Waals surface area contributed by atoms with Crippen molar-refractivity contribution < 1.29 is 9.50 Å². The van der Waals surface area contributed by atoms with E-state index in [1.165, 1.54) is 6.07 Å². The fourth-order valence-electron chi connectivity index (χ4n) is 2.24. The van der Waals surface area contributed by atoms with Gasteiger partial charge in [-0.1, -0.05) is 18.6 Å². The number of aliphatic hydroxyl groups excluding tert-OH is 1. The summed E-state index contributed by atoms with van der Waals surface area (Å²) >= 11 is 0. The smallest absolute Gasteiger partial charge is 0.126 e. The molecule has 3 heteroatoms. The van der Waals surface area contributed by atoms with Gasteiger partial charge in [0.25, 0.3) is 0 Å². The van der Waals surface area contributed by atoms with E-state index < -0.39 is 12.1 Å². The second kappa shape index (κ2) is 4.52. The SMILES string of the molecule is Cc1c(F)cccc1[C@@H](N)[C@@H](O)C1CCC1. The second-order valence-corrected chi connectivity index (χ2v) is 4.66. The molecule has 1 aliphatic rings. The number of hydrogen-bond donors (Lipinski definition) is 2. The Balaban J connectivity index is 2.19. The van der Waals surface area contributed by atoms with E-state index >= 15 is 0 Å². The molecule has 0 unspecified atom stereocenters. The minimum atomic E-state index is -0.547. The van der Waals surface area contributed by atoms with Crippen LogP contribution in [0.3, 0.4) is 0 Å². The Bertz CT molecular complexity index is 376. The number of benzene rings is 1. The van der Waals surface area contributed by atoms with Gasteiger partial charge in [-0.15, -0.1) is 0 Å². The summed E-state index contributed by atoms with van der Waals surface area (Å²) in [5.41, 5.74) is 7.27. The highest BCUT2D eigenvalue weighted by molar-refractivity contribution is 5.30. The summed E-state index contributed by atoms with van der Waals surface area (Å²) < 4.78 is 13.4. The van der Waals surface area contributed by atoms with Crippen LogP contribution in [0.4, 0.5) is 4.39 Å². The van der Waals surface area contributed by atoms with Crippen molar-refractivity contribution >= 4 is 0 Å². The Hall–Kier alpha value is -0.930. The summed E-state index contributed by atoms with van der Waals surface area (Å²) in [7, 11) is 0. The van der Waals surface area contributed by atoms with Crippen molar-refractivity contribution in [3.8, 4) is 0 Å². The number of hydrogen-bond acceptors (Lipinski definition) is 2. The van der Waals surface area contributed by atoms with Crippen molar-refractivity contribution in [2.24, 2.45) is 11.7 Å². The normalized spacial score (nSPS) is 20.2. The predicted molar refractivity (Wildman–Crippen MR) is 61.4 cm³/mol. The van der Waals surface area contributed by atoms with Crippen LogP contribution in [0.5, 0.6) is 0 Å². The topological polar surface area (TPSA) is 46.2 Å². The highest BCUT2D eigenvalue weighted by atomic mass is 19.1. The Morgan fingerprint density at radius 2 is 2.12 bits per heavy atom. The number of aliphatic hydroxyl groups is 1. The van der Waals surface area contributed by atoms with Gasteiger partial charge < -0.3 is 10.8 Å². The van der Waals surface area contributed by atoms with Gasteiger partial charge in [-0.05, 0) is 42.9 Å². The zero-order valence-electron chi connectivity index (χ0n) is 9.49. The van der Waals surface area contributed by atoms with Crippen LogP contribution < -0.4 is 5.73 Å². The lowest BCUT2D eigenvalue weighted by molar-refractivity contribution is 0.0411. The third-order valence-electron chi connectivity index (χ3n) is 3.67. The summed E-state index contributed by atoms with van der Waals surface area (Å²) in [6, 6.07) is 4.39. The second-order valence-electron chi connectivity index (χ2n) is 4.66. The Labute approximate surface area is 95.3 Å². The van der Waals surface area contributed by atoms with Crippen molar-refractivity contribution in [1.82, 2.24) is 0 Å². The predicted octanol–water partition coefficient (Wildman–Crippen LogP) is 2.29. The van der Waals surface area contributed by atoms with Crippen LogP contribution in [0.1, 0.15) is 36.4 Å². The lowest BCUT2D eigenvalue weighted by Gasteiger charge is -2.34. The van der Waals surface area contributed by atoms with E-state index in [1.807, 2.05) is 0 Å². The molecule has 88 valence electrons. The third kappa shape index (κ3) is 1.97. The molecular weight excluding hydrogens is 205 g/mol. The zero-order valence-corrected chi connectivity index (χ0v) is 9.49. The Kier molecular flexibility index (Phi) is 3.26. The first kappa shape index (κ1) is 11.6. The lowest BCUT2D eigenvalue weighted by atomic mass is 9.77. The highest BCUT2D eigenvalue weighted by Crippen LogP contribution is 2.35. The van der Waals surface area contributed by atoms with Crippen molar-refractivity contribution in [3.63, 3.8) is 0 Å². The van der Waals surface area contributed by atoms with E-state index in [0.717, 1.165) is 24.8 Å². The van der Waals surface area contributed by atoms with E-state index in [0.29, 0.717) is 5.56 Å². The fraction of sp³-hybridized carbons (Fsp3) is 0.538. The molecule has 1 fully saturated rings. The van der Waals surface area contributed by atoms with Crippen LogP contribution in [0.15, 0.2) is 18.2 Å². The molecule has 1 aromatic rings.